The van der Waals surface area contributed by atoms with Gasteiger partial charge < -0.3 is 19.6 Å². The Hall–Kier alpha value is -2.71. The Balaban J connectivity index is 1.46. The van der Waals surface area contributed by atoms with Gasteiger partial charge in [-0.2, -0.15) is 15.0 Å². The van der Waals surface area contributed by atoms with E-state index < -0.39 is 0 Å². The molecule has 26 heavy (non-hydrogen) atoms. The van der Waals surface area contributed by atoms with Gasteiger partial charge in [-0.05, 0) is 25.7 Å². The van der Waals surface area contributed by atoms with Gasteiger partial charge in [0.2, 0.25) is 11.9 Å². The van der Waals surface area contributed by atoms with Gasteiger partial charge in [-0.1, -0.05) is 5.16 Å². The first-order valence-corrected chi connectivity index (χ1v) is 9.02. The van der Waals surface area contributed by atoms with Crippen molar-refractivity contribution in [1.29, 1.82) is 0 Å². The molecule has 0 spiro atoms. The number of carbonyl (C=O) groups is 1. The van der Waals surface area contributed by atoms with E-state index in [1.807, 2.05) is 19.0 Å². The smallest absolute Gasteiger partial charge is 0.273 e. The molecule has 1 saturated carbocycles. The van der Waals surface area contributed by atoms with Crippen LogP contribution in [0.3, 0.4) is 0 Å². The molecule has 2 fully saturated rings. The molecule has 1 saturated heterocycles. The molecule has 1 aliphatic heterocycles. The topological polar surface area (TPSA) is 100 Å². The van der Waals surface area contributed by atoms with E-state index in [-0.39, 0.29) is 12.5 Å². The normalized spacial score (nSPS) is 16.8. The van der Waals surface area contributed by atoms with Crippen molar-refractivity contribution in [2.75, 3.05) is 37.0 Å². The van der Waals surface area contributed by atoms with Crippen molar-refractivity contribution in [2.45, 2.75) is 38.1 Å². The molecule has 2 aromatic heterocycles. The zero-order valence-electron chi connectivity index (χ0n) is 15.1. The molecule has 0 unspecified atom stereocenters. The van der Waals surface area contributed by atoms with Crippen molar-refractivity contribution in [1.82, 2.24) is 25.4 Å². The molecule has 2 aromatic rings. The maximum Gasteiger partial charge on any atom is 0.273 e. The SMILES string of the molecule is CN(C)c1nc(CNC(=O)c2cc(C3CC3)on2)nc(N2CCCC2)n1. The first-order chi connectivity index (χ1) is 12.6. The van der Waals surface area contributed by atoms with E-state index in [1.165, 1.54) is 0 Å². The summed E-state index contributed by atoms with van der Waals surface area (Å²) >= 11 is 0. The van der Waals surface area contributed by atoms with Crippen LogP contribution in [0.5, 0.6) is 0 Å². The predicted octanol–water partition coefficient (Wildman–Crippen LogP) is 1.33. The second-order valence-electron chi connectivity index (χ2n) is 7.01. The first kappa shape index (κ1) is 16.7. The van der Waals surface area contributed by atoms with Crippen molar-refractivity contribution in [2.24, 2.45) is 0 Å². The summed E-state index contributed by atoms with van der Waals surface area (Å²) in [5, 5.41) is 6.68. The van der Waals surface area contributed by atoms with Gasteiger partial charge in [-0.25, -0.2) is 0 Å². The molecule has 0 atom stereocenters. The maximum atomic E-state index is 12.3. The zero-order chi connectivity index (χ0) is 18.1. The number of hydrogen-bond acceptors (Lipinski definition) is 8. The summed E-state index contributed by atoms with van der Waals surface area (Å²) in [7, 11) is 3.78. The molecule has 1 aliphatic carbocycles. The van der Waals surface area contributed by atoms with Gasteiger partial charge in [0.25, 0.3) is 5.91 Å². The van der Waals surface area contributed by atoms with E-state index in [4.69, 9.17) is 4.52 Å². The van der Waals surface area contributed by atoms with Crippen LogP contribution in [0.15, 0.2) is 10.6 Å². The molecule has 3 heterocycles. The summed E-state index contributed by atoms with van der Waals surface area (Å²) in [6.07, 6.45) is 4.50. The molecule has 2 aliphatic rings. The second kappa shape index (κ2) is 6.89. The first-order valence-electron chi connectivity index (χ1n) is 9.02. The Morgan fingerprint density at radius 1 is 1.27 bits per heavy atom. The van der Waals surface area contributed by atoms with Crippen molar-refractivity contribution in [3.8, 4) is 0 Å². The van der Waals surface area contributed by atoms with Crippen LogP contribution in [0.25, 0.3) is 0 Å². The Morgan fingerprint density at radius 2 is 2.04 bits per heavy atom. The Bertz CT molecular complexity index is 794. The van der Waals surface area contributed by atoms with Gasteiger partial charge in [0.05, 0.1) is 6.54 Å². The Labute approximate surface area is 151 Å². The molecule has 1 amide bonds. The molecule has 138 valence electrons. The Morgan fingerprint density at radius 3 is 2.73 bits per heavy atom. The fourth-order valence-corrected chi connectivity index (χ4v) is 2.94. The monoisotopic (exact) mass is 357 g/mol. The number of nitrogens with zero attached hydrogens (tertiary/aromatic N) is 6. The highest BCUT2D eigenvalue weighted by Gasteiger charge is 2.29. The van der Waals surface area contributed by atoms with Crippen LogP contribution < -0.4 is 15.1 Å². The van der Waals surface area contributed by atoms with E-state index in [1.54, 1.807) is 6.07 Å². The van der Waals surface area contributed by atoms with Crippen molar-refractivity contribution in [3.63, 3.8) is 0 Å². The maximum absolute atomic E-state index is 12.3. The number of rotatable bonds is 6. The summed E-state index contributed by atoms with van der Waals surface area (Å²) in [6, 6.07) is 1.72. The van der Waals surface area contributed by atoms with E-state index in [0.29, 0.717) is 29.3 Å². The lowest BCUT2D eigenvalue weighted by Gasteiger charge is -2.18. The predicted molar refractivity (Wildman–Crippen MR) is 95.2 cm³/mol. The summed E-state index contributed by atoms with van der Waals surface area (Å²) in [4.78, 5) is 29.8. The third kappa shape index (κ3) is 3.61. The van der Waals surface area contributed by atoms with Gasteiger partial charge in [-0.15, -0.1) is 0 Å². The number of anilines is 2. The van der Waals surface area contributed by atoms with Crippen molar-refractivity contribution < 1.29 is 9.32 Å². The summed E-state index contributed by atoms with van der Waals surface area (Å²) in [5.41, 5.74) is 0.300. The largest absolute Gasteiger partial charge is 0.360 e. The number of hydrogen-bond donors (Lipinski definition) is 1. The van der Waals surface area contributed by atoms with E-state index >= 15 is 0 Å². The van der Waals surface area contributed by atoms with E-state index in [9.17, 15) is 4.79 Å². The fourth-order valence-electron chi connectivity index (χ4n) is 2.94. The standard InChI is InChI=1S/C17H23N7O2/c1-23(2)16-19-14(20-17(21-16)24-7-3-4-8-24)10-18-15(25)12-9-13(26-22-12)11-5-6-11/h9,11H,3-8,10H2,1-2H3,(H,18,25). The molecule has 0 bridgehead atoms. The van der Waals surface area contributed by atoms with Gasteiger partial charge in [0, 0.05) is 39.2 Å². The van der Waals surface area contributed by atoms with Crippen LogP contribution in [0.2, 0.25) is 0 Å². The highest BCUT2D eigenvalue weighted by Crippen LogP contribution is 2.40. The lowest BCUT2D eigenvalue weighted by Crippen LogP contribution is -2.27. The Kier molecular flexibility index (Phi) is 4.44. The average Bonchev–Trinajstić information content (AvgIpc) is 3.14. The van der Waals surface area contributed by atoms with Gasteiger partial charge >= 0.3 is 0 Å². The fraction of sp³-hybridized carbons (Fsp3) is 0.588. The van der Waals surface area contributed by atoms with Crippen molar-refractivity contribution >= 4 is 17.8 Å². The van der Waals surface area contributed by atoms with Gasteiger partial charge in [0.15, 0.2) is 11.5 Å². The summed E-state index contributed by atoms with van der Waals surface area (Å²) in [5.74, 6) is 2.73. The molecule has 9 nitrogen and oxygen atoms in total. The number of nitrogens with one attached hydrogen (secondary N) is 1. The quantitative estimate of drug-likeness (QED) is 0.826. The highest BCUT2D eigenvalue weighted by atomic mass is 16.5. The molecule has 4 rings (SSSR count). The molecule has 0 aromatic carbocycles. The lowest BCUT2D eigenvalue weighted by molar-refractivity contribution is 0.0940. The highest BCUT2D eigenvalue weighted by molar-refractivity contribution is 5.92. The molecule has 1 N–H and O–H groups in total. The van der Waals surface area contributed by atoms with Crippen LogP contribution >= 0.6 is 0 Å². The van der Waals surface area contributed by atoms with Gasteiger partial charge in [0.1, 0.15) is 5.76 Å². The molecule has 9 heteroatoms. The van der Waals surface area contributed by atoms with Crippen molar-refractivity contribution in [3.05, 3.63) is 23.3 Å². The third-order valence-electron chi connectivity index (χ3n) is 4.59. The van der Waals surface area contributed by atoms with Crippen LogP contribution in [-0.2, 0) is 6.54 Å². The second-order valence-corrected chi connectivity index (χ2v) is 7.01. The average molecular weight is 357 g/mol. The zero-order valence-corrected chi connectivity index (χ0v) is 15.1. The molecular weight excluding hydrogens is 334 g/mol. The molecular formula is C17H23N7O2. The minimum Gasteiger partial charge on any atom is -0.360 e. The molecule has 0 radical (unpaired) electrons. The summed E-state index contributed by atoms with van der Waals surface area (Å²) in [6.45, 7) is 2.12. The van der Waals surface area contributed by atoms with Crippen LogP contribution in [0, 0.1) is 0 Å². The third-order valence-corrected chi connectivity index (χ3v) is 4.59. The minimum atomic E-state index is -0.282. The summed E-state index contributed by atoms with van der Waals surface area (Å²) < 4.78 is 5.23. The van der Waals surface area contributed by atoms with E-state index in [2.05, 4.69) is 30.3 Å². The minimum absolute atomic E-state index is 0.217. The number of aromatic nitrogens is 4. The van der Waals surface area contributed by atoms with Crippen LogP contribution in [0.1, 0.15) is 53.7 Å². The van der Waals surface area contributed by atoms with Crippen LogP contribution in [-0.4, -0.2) is 53.2 Å². The van der Waals surface area contributed by atoms with E-state index in [0.717, 1.165) is 44.5 Å². The number of carbonyl (C=O) groups excluding carboxylic acids is 1. The van der Waals surface area contributed by atoms with Crippen LogP contribution in [0.4, 0.5) is 11.9 Å². The number of amides is 1. The lowest BCUT2D eigenvalue weighted by atomic mass is 10.3. The van der Waals surface area contributed by atoms with Gasteiger partial charge in [-0.3, -0.25) is 4.79 Å².